The Morgan fingerprint density at radius 2 is 2.00 bits per heavy atom. The molecule has 1 fully saturated rings. The van der Waals surface area contributed by atoms with E-state index in [1.54, 1.807) is 0 Å². The second kappa shape index (κ2) is 5.20. The maximum absolute atomic E-state index is 14.3. The Kier molecular flexibility index (Phi) is 3.86. The summed E-state index contributed by atoms with van der Waals surface area (Å²) in [5.41, 5.74) is -1.06. The van der Waals surface area contributed by atoms with Gasteiger partial charge in [-0.15, -0.1) is 0 Å². The van der Waals surface area contributed by atoms with Crippen LogP contribution in [-0.4, -0.2) is 27.9 Å². The van der Waals surface area contributed by atoms with Gasteiger partial charge in [0.25, 0.3) is 0 Å². The first kappa shape index (κ1) is 15.6. The van der Waals surface area contributed by atoms with Gasteiger partial charge in [-0.2, -0.15) is 4.99 Å². The lowest BCUT2D eigenvalue weighted by Gasteiger charge is -2.38. The van der Waals surface area contributed by atoms with Gasteiger partial charge in [-0.05, 0) is 25.3 Å². The van der Waals surface area contributed by atoms with Crippen molar-refractivity contribution < 1.29 is 26.7 Å². The molecule has 0 aliphatic heterocycles. The summed E-state index contributed by atoms with van der Waals surface area (Å²) in [6, 6.07) is 0.873. The zero-order valence-corrected chi connectivity index (χ0v) is 12.3. The Morgan fingerprint density at radius 3 is 2.38 bits per heavy atom. The van der Waals surface area contributed by atoms with Gasteiger partial charge in [-0.1, -0.05) is 0 Å². The molecule has 114 valence electrons. The van der Waals surface area contributed by atoms with Crippen molar-refractivity contribution >= 4 is 15.9 Å². The first-order valence-corrected chi connectivity index (χ1v) is 8.01. The van der Waals surface area contributed by atoms with Gasteiger partial charge in [0, 0.05) is 11.8 Å². The third-order valence-electron chi connectivity index (χ3n) is 3.65. The number of aliphatic imine (C=N–C) groups is 1. The van der Waals surface area contributed by atoms with E-state index in [2.05, 4.69) is 4.99 Å². The first-order valence-electron chi connectivity index (χ1n) is 6.12. The average Bonchev–Trinajstić information content (AvgIpc) is 2.31. The number of nitrogens with zero attached hydrogens (tertiary/aromatic N) is 1. The maximum atomic E-state index is 14.3. The van der Waals surface area contributed by atoms with Crippen LogP contribution in [0.5, 0.6) is 5.75 Å². The van der Waals surface area contributed by atoms with Crippen LogP contribution in [0.4, 0.5) is 8.78 Å². The number of methoxy groups -OCH3 is 1. The van der Waals surface area contributed by atoms with Crippen LogP contribution in [0.15, 0.2) is 16.0 Å². The molecule has 0 unspecified atom stereocenters. The van der Waals surface area contributed by atoms with Crippen molar-refractivity contribution in [2.24, 2.45) is 4.99 Å². The highest BCUT2D eigenvalue weighted by atomic mass is 32.2. The minimum Gasteiger partial charge on any atom is -0.493 e. The maximum Gasteiger partial charge on any atom is 0.235 e. The summed E-state index contributed by atoms with van der Waals surface area (Å²) in [4.78, 5) is 13.2. The highest BCUT2D eigenvalue weighted by molar-refractivity contribution is 7.90. The zero-order chi connectivity index (χ0) is 15.8. The molecular weight excluding hydrogens is 304 g/mol. The summed E-state index contributed by atoms with van der Waals surface area (Å²) >= 11 is 0. The molecule has 0 amide bonds. The van der Waals surface area contributed by atoms with E-state index < -0.39 is 37.7 Å². The van der Waals surface area contributed by atoms with E-state index in [0.29, 0.717) is 19.1 Å². The quantitative estimate of drug-likeness (QED) is 0.629. The zero-order valence-electron chi connectivity index (χ0n) is 11.4. The van der Waals surface area contributed by atoms with Crippen LogP contribution in [0, 0.1) is 11.6 Å². The number of carbonyl (C=O) groups excluding carboxylic acids is 1. The lowest BCUT2D eigenvalue weighted by molar-refractivity contribution is 0.240. The lowest BCUT2D eigenvalue weighted by Crippen LogP contribution is -2.33. The smallest absolute Gasteiger partial charge is 0.235 e. The molecule has 5 nitrogen and oxygen atoms in total. The topological polar surface area (TPSA) is 72.8 Å². The van der Waals surface area contributed by atoms with Crippen molar-refractivity contribution in [1.82, 2.24) is 0 Å². The van der Waals surface area contributed by atoms with E-state index in [9.17, 15) is 22.0 Å². The Hall–Kier alpha value is -1.79. The molecule has 8 heteroatoms. The van der Waals surface area contributed by atoms with E-state index in [1.807, 2.05) is 0 Å². The van der Waals surface area contributed by atoms with E-state index in [4.69, 9.17) is 4.74 Å². The van der Waals surface area contributed by atoms with Crippen LogP contribution in [0.2, 0.25) is 0 Å². The summed E-state index contributed by atoms with van der Waals surface area (Å²) in [5, 5.41) is 0. The van der Waals surface area contributed by atoms with Gasteiger partial charge in [0.15, 0.2) is 21.4 Å². The molecule has 0 saturated heterocycles. The van der Waals surface area contributed by atoms with E-state index in [1.165, 1.54) is 6.08 Å². The molecule has 1 aliphatic rings. The molecule has 2 rings (SSSR count). The molecule has 0 spiro atoms. The van der Waals surface area contributed by atoms with Gasteiger partial charge in [-0.3, -0.25) is 0 Å². The molecule has 0 atom stereocenters. The van der Waals surface area contributed by atoms with Crippen molar-refractivity contribution in [1.29, 1.82) is 0 Å². The van der Waals surface area contributed by atoms with Gasteiger partial charge >= 0.3 is 0 Å². The summed E-state index contributed by atoms with van der Waals surface area (Å²) in [7, 11) is -2.96. The van der Waals surface area contributed by atoms with E-state index in [-0.39, 0.29) is 5.56 Å². The molecule has 0 heterocycles. The standard InChI is InChI=1S/C13H13F2NO4S/c1-20-11-8(13(16-7-17)4-3-5-13)6-9(14)12(10(11)15)21(2,18)19/h6H,3-5H2,1-2H3. The second-order valence-corrected chi connectivity index (χ2v) is 6.90. The number of isocyanates is 1. The molecule has 21 heavy (non-hydrogen) atoms. The number of ether oxygens (including phenoxy) is 1. The van der Waals surface area contributed by atoms with Crippen LogP contribution in [0.1, 0.15) is 24.8 Å². The number of rotatable bonds is 4. The Bertz CT molecular complexity index is 735. The fraction of sp³-hybridized carbons (Fsp3) is 0.462. The molecule has 0 aromatic heterocycles. The van der Waals surface area contributed by atoms with Crippen LogP contribution >= 0.6 is 0 Å². The molecule has 0 N–H and O–H groups in total. The van der Waals surface area contributed by atoms with Gasteiger partial charge in [0.1, 0.15) is 16.3 Å². The van der Waals surface area contributed by atoms with Gasteiger partial charge in [0.2, 0.25) is 6.08 Å². The Morgan fingerprint density at radius 1 is 1.38 bits per heavy atom. The minimum absolute atomic E-state index is 0.0296. The molecule has 1 aromatic carbocycles. The van der Waals surface area contributed by atoms with E-state index >= 15 is 0 Å². The first-order chi connectivity index (χ1) is 9.77. The normalized spacial score (nSPS) is 16.8. The second-order valence-electron chi connectivity index (χ2n) is 4.94. The molecule has 0 bridgehead atoms. The fourth-order valence-electron chi connectivity index (χ4n) is 2.51. The summed E-state index contributed by atoms with van der Waals surface area (Å²) in [5.74, 6) is -2.93. The predicted octanol–water partition coefficient (Wildman–Crippen LogP) is 2.09. The van der Waals surface area contributed by atoms with Crippen LogP contribution in [0.25, 0.3) is 0 Å². The van der Waals surface area contributed by atoms with Gasteiger partial charge < -0.3 is 4.74 Å². The SMILES string of the molecule is COc1c(C2(N=C=O)CCC2)cc(F)c(S(C)(=O)=O)c1F. The molecule has 1 aromatic rings. The number of benzene rings is 1. The highest BCUT2D eigenvalue weighted by Gasteiger charge is 2.43. The molecule has 0 radical (unpaired) electrons. The molecule has 1 saturated carbocycles. The summed E-state index contributed by atoms with van der Waals surface area (Å²) in [6.07, 6.45) is 3.66. The Labute approximate surface area is 120 Å². The average molecular weight is 317 g/mol. The highest BCUT2D eigenvalue weighted by Crippen LogP contribution is 2.49. The van der Waals surface area contributed by atoms with Crippen molar-refractivity contribution in [3.8, 4) is 5.75 Å². The van der Waals surface area contributed by atoms with Crippen LogP contribution in [0.3, 0.4) is 0 Å². The third-order valence-corrected chi connectivity index (χ3v) is 4.76. The van der Waals surface area contributed by atoms with Gasteiger partial charge in [-0.25, -0.2) is 22.0 Å². The van der Waals surface area contributed by atoms with Crippen molar-refractivity contribution in [2.45, 2.75) is 29.7 Å². The third kappa shape index (κ3) is 2.45. The fourth-order valence-corrected chi connectivity index (χ4v) is 3.34. The largest absolute Gasteiger partial charge is 0.493 e. The number of hydrogen-bond acceptors (Lipinski definition) is 5. The number of sulfone groups is 1. The van der Waals surface area contributed by atoms with Crippen molar-refractivity contribution in [2.75, 3.05) is 13.4 Å². The number of halogens is 2. The van der Waals surface area contributed by atoms with Crippen LogP contribution in [-0.2, 0) is 20.2 Å². The van der Waals surface area contributed by atoms with Crippen molar-refractivity contribution in [3.05, 3.63) is 23.3 Å². The molecule has 1 aliphatic carbocycles. The number of hydrogen-bond donors (Lipinski definition) is 0. The van der Waals surface area contributed by atoms with Gasteiger partial charge in [0.05, 0.1) is 7.11 Å². The predicted molar refractivity (Wildman–Crippen MR) is 69.7 cm³/mol. The lowest BCUT2D eigenvalue weighted by atomic mass is 9.72. The van der Waals surface area contributed by atoms with Crippen molar-refractivity contribution in [3.63, 3.8) is 0 Å². The monoisotopic (exact) mass is 317 g/mol. The molecular formula is C13H13F2NO4S. The van der Waals surface area contributed by atoms with Crippen LogP contribution < -0.4 is 4.74 Å². The Balaban J connectivity index is 2.79. The minimum atomic E-state index is -4.10. The van der Waals surface area contributed by atoms with E-state index in [0.717, 1.165) is 19.6 Å². The summed E-state index contributed by atoms with van der Waals surface area (Å²) < 4.78 is 56.3. The summed E-state index contributed by atoms with van der Waals surface area (Å²) in [6.45, 7) is 0.